The number of fused-ring (bicyclic) bond motifs is 1. The summed E-state index contributed by atoms with van der Waals surface area (Å²) in [4.78, 5) is 28.5. The number of para-hydroxylation sites is 1. The lowest BCUT2D eigenvalue weighted by molar-refractivity contribution is -0.136. The molecule has 0 unspecified atom stereocenters. The van der Waals surface area contributed by atoms with E-state index in [1.165, 1.54) is 11.3 Å². The molecule has 0 saturated heterocycles. The van der Waals surface area contributed by atoms with E-state index in [1.807, 2.05) is 39.0 Å². The number of rotatable bonds is 4. The van der Waals surface area contributed by atoms with Crippen LogP contribution in [0.25, 0.3) is 0 Å². The predicted molar refractivity (Wildman–Crippen MR) is 91.0 cm³/mol. The van der Waals surface area contributed by atoms with Gasteiger partial charge in [0.2, 0.25) is 0 Å². The number of aryl methyl sites for hydroxylation is 1. The minimum Gasteiger partial charge on any atom is -0.375 e. The predicted octanol–water partition coefficient (Wildman–Crippen LogP) is 3.27. The lowest BCUT2D eigenvalue weighted by atomic mass is 9.89. The van der Waals surface area contributed by atoms with Crippen LogP contribution in [0.15, 0.2) is 36.4 Å². The van der Waals surface area contributed by atoms with Gasteiger partial charge in [0.05, 0.1) is 17.0 Å². The Morgan fingerprint density at radius 2 is 1.96 bits per heavy atom. The van der Waals surface area contributed by atoms with E-state index in [-0.39, 0.29) is 18.2 Å². The summed E-state index contributed by atoms with van der Waals surface area (Å²) in [6.45, 7) is 5.71. The highest BCUT2D eigenvalue weighted by Crippen LogP contribution is 2.43. The maximum Gasteiger partial charge on any atom is 0.264 e. The Balaban J connectivity index is 2.00. The Morgan fingerprint density at radius 3 is 2.57 bits per heavy atom. The van der Waals surface area contributed by atoms with Gasteiger partial charge in [0, 0.05) is 16.5 Å². The highest BCUT2D eigenvalue weighted by molar-refractivity contribution is 7.14. The molecule has 5 heteroatoms. The van der Waals surface area contributed by atoms with Crippen molar-refractivity contribution in [2.75, 3.05) is 4.90 Å². The van der Waals surface area contributed by atoms with Crippen molar-refractivity contribution in [2.24, 2.45) is 0 Å². The molecular formula is C18H19NO3S. The van der Waals surface area contributed by atoms with Crippen LogP contribution in [0.3, 0.4) is 0 Å². The van der Waals surface area contributed by atoms with Gasteiger partial charge in [-0.05, 0) is 39.0 Å². The van der Waals surface area contributed by atoms with Crippen LogP contribution in [0.1, 0.15) is 40.4 Å². The first-order chi connectivity index (χ1) is 10.8. The lowest BCUT2D eigenvalue weighted by Crippen LogP contribution is -2.44. The Hall–Kier alpha value is -1.98. The summed E-state index contributed by atoms with van der Waals surface area (Å²) in [5.74, 6) is -0.630. The molecule has 1 N–H and O–H groups in total. The maximum absolute atomic E-state index is 12.8. The first-order valence-electron chi connectivity index (χ1n) is 7.60. The highest BCUT2D eigenvalue weighted by Gasteiger charge is 2.51. The summed E-state index contributed by atoms with van der Waals surface area (Å²) in [5, 5.41) is 11.1. The molecule has 0 radical (unpaired) electrons. The SMILES string of the molecule is Cc1ccc(C(=O)C[C@@]2(O)C(=O)N(C(C)C)c3ccccc32)s1. The van der Waals surface area contributed by atoms with E-state index in [0.29, 0.717) is 16.1 Å². The minimum absolute atomic E-state index is 0.0863. The average Bonchev–Trinajstić information content (AvgIpc) is 3.01. The molecule has 0 fully saturated rings. The molecule has 0 aliphatic carbocycles. The molecule has 2 heterocycles. The Kier molecular flexibility index (Phi) is 3.86. The third kappa shape index (κ3) is 2.50. The standard InChI is InChI=1S/C18H19NO3S/c1-11(2)19-14-7-5-4-6-13(14)18(22,17(19)21)10-15(20)16-9-8-12(3)23-16/h4-9,11,22H,10H2,1-3H3/t18-/m0/s1. The smallest absolute Gasteiger partial charge is 0.264 e. The molecule has 1 aliphatic heterocycles. The van der Waals surface area contributed by atoms with Crippen LogP contribution >= 0.6 is 11.3 Å². The van der Waals surface area contributed by atoms with E-state index < -0.39 is 11.5 Å². The van der Waals surface area contributed by atoms with Gasteiger partial charge in [0.1, 0.15) is 0 Å². The van der Waals surface area contributed by atoms with E-state index >= 15 is 0 Å². The fourth-order valence-corrected chi connectivity index (χ4v) is 3.85. The molecule has 1 atom stereocenters. The first-order valence-corrected chi connectivity index (χ1v) is 8.41. The van der Waals surface area contributed by atoms with Crippen LogP contribution in [-0.2, 0) is 10.4 Å². The number of benzene rings is 1. The van der Waals surface area contributed by atoms with Crippen LogP contribution in [0.4, 0.5) is 5.69 Å². The number of aliphatic hydroxyl groups is 1. The normalized spacial score (nSPS) is 20.2. The third-order valence-corrected chi connectivity index (χ3v) is 5.17. The van der Waals surface area contributed by atoms with Gasteiger partial charge in [-0.3, -0.25) is 9.59 Å². The van der Waals surface area contributed by atoms with Gasteiger partial charge in [0.25, 0.3) is 5.91 Å². The van der Waals surface area contributed by atoms with Crippen molar-refractivity contribution in [1.29, 1.82) is 0 Å². The number of hydrogen-bond acceptors (Lipinski definition) is 4. The van der Waals surface area contributed by atoms with Gasteiger partial charge in [-0.2, -0.15) is 0 Å². The van der Waals surface area contributed by atoms with E-state index in [2.05, 4.69) is 0 Å². The number of anilines is 1. The van der Waals surface area contributed by atoms with Crippen LogP contribution in [0.2, 0.25) is 0 Å². The van der Waals surface area contributed by atoms with Crippen molar-refractivity contribution in [1.82, 2.24) is 0 Å². The molecule has 2 aromatic rings. The van der Waals surface area contributed by atoms with E-state index in [9.17, 15) is 14.7 Å². The monoisotopic (exact) mass is 329 g/mol. The quantitative estimate of drug-likeness (QED) is 0.876. The number of ketones is 1. The van der Waals surface area contributed by atoms with Gasteiger partial charge in [-0.15, -0.1) is 11.3 Å². The lowest BCUT2D eigenvalue weighted by Gasteiger charge is -2.25. The van der Waals surface area contributed by atoms with Crippen LogP contribution in [-0.4, -0.2) is 22.8 Å². The zero-order chi connectivity index (χ0) is 16.8. The molecule has 1 aromatic carbocycles. The van der Waals surface area contributed by atoms with Crippen molar-refractivity contribution >= 4 is 28.7 Å². The number of hydrogen-bond donors (Lipinski definition) is 1. The summed E-state index contributed by atoms with van der Waals surface area (Å²) in [5.41, 5.74) is -0.582. The summed E-state index contributed by atoms with van der Waals surface area (Å²) in [6.07, 6.45) is -0.230. The largest absolute Gasteiger partial charge is 0.375 e. The van der Waals surface area contributed by atoms with Crippen molar-refractivity contribution < 1.29 is 14.7 Å². The molecule has 23 heavy (non-hydrogen) atoms. The van der Waals surface area contributed by atoms with Crippen molar-refractivity contribution in [3.63, 3.8) is 0 Å². The molecule has 3 rings (SSSR count). The molecule has 1 aromatic heterocycles. The molecular weight excluding hydrogens is 310 g/mol. The molecule has 120 valence electrons. The zero-order valence-electron chi connectivity index (χ0n) is 13.4. The Morgan fingerprint density at radius 1 is 1.26 bits per heavy atom. The number of carbonyl (C=O) groups is 2. The second kappa shape index (κ2) is 5.58. The van der Waals surface area contributed by atoms with E-state index in [0.717, 1.165) is 4.88 Å². The van der Waals surface area contributed by atoms with Gasteiger partial charge in [-0.1, -0.05) is 18.2 Å². The molecule has 4 nitrogen and oxygen atoms in total. The topological polar surface area (TPSA) is 57.6 Å². The Bertz CT molecular complexity index is 780. The molecule has 1 aliphatic rings. The zero-order valence-corrected chi connectivity index (χ0v) is 14.2. The fourth-order valence-electron chi connectivity index (χ4n) is 3.04. The summed E-state index contributed by atoms with van der Waals surface area (Å²) < 4.78 is 0. The van der Waals surface area contributed by atoms with Gasteiger partial charge in [-0.25, -0.2) is 0 Å². The van der Waals surface area contributed by atoms with Crippen molar-refractivity contribution in [3.05, 3.63) is 51.7 Å². The number of amides is 1. The fraction of sp³-hybridized carbons (Fsp3) is 0.333. The number of thiophene rings is 1. The second-order valence-electron chi connectivity index (χ2n) is 6.16. The van der Waals surface area contributed by atoms with Crippen molar-refractivity contribution in [2.45, 2.75) is 38.8 Å². The first kappa shape index (κ1) is 15.9. The van der Waals surface area contributed by atoms with Crippen LogP contribution in [0.5, 0.6) is 0 Å². The van der Waals surface area contributed by atoms with E-state index in [4.69, 9.17) is 0 Å². The van der Waals surface area contributed by atoms with Crippen LogP contribution in [0, 0.1) is 6.92 Å². The molecule has 0 bridgehead atoms. The summed E-state index contributed by atoms with van der Waals surface area (Å²) in [7, 11) is 0. The molecule has 0 saturated carbocycles. The Labute approximate surface area is 139 Å². The third-order valence-electron chi connectivity index (χ3n) is 4.13. The van der Waals surface area contributed by atoms with Gasteiger partial charge < -0.3 is 10.0 Å². The molecule has 0 spiro atoms. The number of Topliss-reactive ketones (excluding diaryl/α,β-unsaturated/α-hetero) is 1. The van der Waals surface area contributed by atoms with E-state index in [1.54, 1.807) is 23.1 Å². The summed E-state index contributed by atoms with van der Waals surface area (Å²) >= 11 is 1.38. The maximum atomic E-state index is 12.8. The van der Waals surface area contributed by atoms with Gasteiger partial charge in [0.15, 0.2) is 11.4 Å². The average molecular weight is 329 g/mol. The second-order valence-corrected chi connectivity index (χ2v) is 7.44. The number of nitrogens with zero attached hydrogens (tertiary/aromatic N) is 1. The minimum atomic E-state index is -1.78. The van der Waals surface area contributed by atoms with Gasteiger partial charge >= 0.3 is 0 Å². The summed E-state index contributed by atoms with van der Waals surface area (Å²) in [6, 6.07) is 10.7. The van der Waals surface area contributed by atoms with Crippen molar-refractivity contribution in [3.8, 4) is 0 Å². The van der Waals surface area contributed by atoms with Crippen LogP contribution < -0.4 is 4.90 Å². The molecule has 1 amide bonds. The number of carbonyl (C=O) groups excluding carboxylic acids is 2. The highest BCUT2D eigenvalue weighted by atomic mass is 32.1.